The SMILES string of the molecule is NC1=N[C@@H](CN2C(=O)CCC2=O)[C@@H]2[NH+]=C(N)NC23N1CC(NC(=O)c1cccc2c1CC(F)(F)CC2)C3(O)O. The van der Waals surface area contributed by atoms with E-state index < -0.39 is 47.8 Å². The highest BCUT2D eigenvalue weighted by Gasteiger charge is 2.76. The highest BCUT2D eigenvalue weighted by Crippen LogP contribution is 2.42. The molecule has 0 saturated carbocycles. The second-order valence-corrected chi connectivity index (χ2v) is 10.7. The number of nitrogens with two attached hydrogens (primary N) is 2. The fourth-order valence-corrected chi connectivity index (χ4v) is 6.53. The first-order chi connectivity index (χ1) is 18.3. The number of carbonyl (C=O) groups excluding carboxylic acids is 3. The molecule has 2 unspecified atom stereocenters. The third-order valence-electron chi connectivity index (χ3n) is 8.43. The van der Waals surface area contributed by atoms with E-state index in [1.54, 1.807) is 12.1 Å². The Morgan fingerprint density at radius 3 is 2.64 bits per heavy atom. The minimum atomic E-state index is -2.95. The highest BCUT2D eigenvalue weighted by molar-refractivity contribution is 6.02. The summed E-state index contributed by atoms with van der Waals surface area (Å²) in [6, 6.07) is 1.47. The molecule has 4 aliphatic heterocycles. The van der Waals surface area contributed by atoms with Crippen LogP contribution in [0.2, 0.25) is 0 Å². The van der Waals surface area contributed by atoms with E-state index in [0.29, 0.717) is 5.56 Å². The molecule has 0 aromatic heterocycles. The smallest absolute Gasteiger partial charge is 0.343 e. The van der Waals surface area contributed by atoms with Crippen LogP contribution in [0, 0.1) is 0 Å². The number of nitrogens with zero attached hydrogens (tertiary/aromatic N) is 3. The number of carbonyl (C=O) groups is 3. The summed E-state index contributed by atoms with van der Waals surface area (Å²) >= 11 is 0. The number of aryl methyl sites for hydroxylation is 1. The molecule has 6 rings (SSSR count). The van der Waals surface area contributed by atoms with Gasteiger partial charge in [0.1, 0.15) is 12.1 Å². The number of fused-ring (bicyclic) bond motifs is 1. The van der Waals surface area contributed by atoms with Crippen LogP contribution < -0.4 is 27.1 Å². The predicted molar refractivity (Wildman–Crippen MR) is 130 cm³/mol. The van der Waals surface area contributed by atoms with E-state index in [4.69, 9.17) is 11.5 Å². The lowest BCUT2D eigenvalue weighted by atomic mass is 9.84. The quantitative estimate of drug-likeness (QED) is 0.144. The molecule has 5 aliphatic rings. The van der Waals surface area contributed by atoms with Gasteiger partial charge in [-0.2, -0.15) is 0 Å². The van der Waals surface area contributed by atoms with Gasteiger partial charge in [-0.3, -0.25) is 34.9 Å². The van der Waals surface area contributed by atoms with Gasteiger partial charge in [0.15, 0.2) is 12.0 Å². The Morgan fingerprint density at radius 1 is 1.21 bits per heavy atom. The van der Waals surface area contributed by atoms with E-state index >= 15 is 0 Å². The zero-order valence-corrected chi connectivity index (χ0v) is 20.8. The summed E-state index contributed by atoms with van der Waals surface area (Å²) < 4.78 is 28.4. The van der Waals surface area contributed by atoms with Gasteiger partial charge < -0.3 is 21.3 Å². The Balaban J connectivity index is 1.31. The Hall–Kier alpha value is -3.85. The summed E-state index contributed by atoms with van der Waals surface area (Å²) in [5.74, 6) is -7.33. The van der Waals surface area contributed by atoms with Crippen LogP contribution in [0.3, 0.4) is 0 Å². The average molecular weight is 548 g/mol. The minimum absolute atomic E-state index is 0.0238. The molecule has 208 valence electrons. The number of benzene rings is 1. The Kier molecular flexibility index (Phi) is 5.43. The third-order valence-corrected chi connectivity index (χ3v) is 8.43. The first-order valence-corrected chi connectivity index (χ1v) is 12.7. The minimum Gasteiger partial charge on any atom is -0.370 e. The Bertz CT molecular complexity index is 1330. The normalized spacial score (nSPS) is 32.2. The zero-order chi connectivity index (χ0) is 27.9. The number of aliphatic imine (C=N–C) groups is 1. The molecule has 9 N–H and O–H groups in total. The number of rotatable bonds is 4. The third kappa shape index (κ3) is 3.66. The molecular formula is C24H29F2N8O5+. The number of amides is 3. The summed E-state index contributed by atoms with van der Waals surface area (Å²) in [6.45, 7) is -0.385. The van der Waals surface area contributed by atoms with E-state index in [1.807, 2.05) is 0 Å². The average Bonchev–Trinajstić information content (AvgIpc) is 3.46. The summed E-state index contributed by atoms with van der Waals surface area (Å²) in [4.78, 5) is 47.6. The number of hydrogen-bond donors (Lipinski definition) is 7. The second-order valence-electron chi connectivity index (χ2n) is 10.7. The number of likely N-dealkylation sites (tertiary alicyclic amines) is 1. The van der Waals surface area contributed by atoms with Crippen molar-refractivity contribution in [3.63, 3.8) is 0 Å². The van der Waals surface area contributed by atoms with Crippen molar-refractivity contribution in [2.45, 2.75) is 67.6 Å². The fourth-order valence-electron chi connectivity index (χ4n) is 6.53. The molecule has 13 nitrogen and oxygen atoms in total. The van der Waals surface area contributed by atoms with Gasteiger partial charge in [-0.05, 0) is 23.6 Å². The lowest BCUT2D eigenvalue weighted by Gasteiger charge is -2.46. The van der Waals surface area contributed by atoms with Crippen LogP contribution in [0.4, 0.5) is 8.78 Å². The number of guanidine groups is 2. The number of hydrogen-bond acceptors (Lipinski definition) is 10. The van der Waals surface area contributed by atoms with Gasteiger partial charge in [-0.15, -0.1) is 0 Å². The van der Waals surface area contributed by atoms with Crippen molar-refractivity contribution in [3.8, 4) is 0 Å². The molecule has 1 aliphatic carbocycles. The highest BCUT2D eigenvalue weighted by atomic mass is 19.3. The van der Waals surface area contributed by atoms with Gasteiger partial charge in [0.25, 0.3) is 17.5 Å². The fraction of sp³-hybridized carbons (Fsp3) is 0.542. The lowest BCUT2D eigenvalue weighted by Crippen LogP contribution is -2.90. The van der Waals surface area contributed by atoms with Gasteiger partial charge >= 0.3 is 5.96 Å². The lowest BCUT2D eigenvalue weighted by molar-refractivity contribution is -0.521. The van der Waals surface area contributed by atoms with Gasteiger partial charge in [0.2, 0.25) is 17.6 Å². The molecule has 0 bridgehead atoms. The van der Waals surface area contributed by atoms with Crippen LogP contribution in [0.25, 0.3) is 0 Å². The van der Waals surface area contributed by atoms with Gasteiger partial charge in [0.05, 0.1) is 13.1 Å². The van der Waals surface area contributed by atoms with E-state index in [0.717, 1.165) is 4.90 Å². The molecule has 1 aromatic rings. The van der Waals surface area contributed by atoms with Crippen molar-refractivity contribution in [1.82, 2.24) is 20.4 Å². The van der Waals surface area contributed by atoms with E-state index in [1.165, 1.54) is 11.0 Å². The maximum Gasteiger partial charge on any atom is 0.343 e. The molecule has 0 radical (unpaired) electrons. The van der Waals surface area contributed by atoms with E-state index in [-0.39, 0.29) is 73.6 Å². The topological polar surface area (TPSA) is 201 Å². The van der Waals surface area contributed by atoms with Crippen molar-refractivity contribution >= 4 is 29.6 Å². The molecule has 15 heteroatoms. The van der Waals surface area contributed by atoms with Gasteiger partial charge in [-0.25, -0.2) is 19.1 Å². The molecule has 3 amide bonds. The van der Waals surface area contributed by atoms with E-state index in [2.05, 4.69) is 20.6 Å². The van der Waals surface area contributed by atoms with E-state index in [9.17, 15) is 33.4 Å². The standard InChI is InChI=1S/C24H28F2N8O5/c25-22(26)7-6-11-2-1-3-12(13(11)8-22)19(37)30-15-10-34-21(28)29-14(9-33-16(35)4-5-17(33)36)18-23(34,24(15,38)39)32-20(27)31-18/h1-3,14-15,18,38-39H,4-10H2,(H2,28,29)(H,30,37)(H3,27,31,32)/p+1/t14-,15?,18-,23?/m0/s1. The summed E-state index contributed by atoms with van der Waals surface area (Å²) in [6.07, 6.45) is -0.644. The molecule has 1 aromatic carbocycles. The van der Waals surface area contributed by atoms with Crippen molar-refractivity contribution < 1.29 is 38.4 Å². The van der Waals surface area contributed by atoms with Crippen molar-refractivity contribution in [3.05, 3.63) is 34.9 Å². The molecule has 2 fully saturated rings. The maximum atomic E-state index is 14.2. The Morgan fingerprint density at radius 2 is 1.92 bits per heavy atom. The van der Waals surface area contributed by atoms with Gasteiger partial charge in [0, 0.05) is 31.2 Å². The van der Waals surface area contributed by atoms with Gasteiger partial charge in [-0.1, -0.05) is 12.1 Å². The molecule has 4 atom stereocenters. The summed E-state index contributed by atoms with van der Waals surface area (Å²) in [5, 5.41) is 28.6. The molecule has 1 spiro atoms. The molecular weight excluding hydrogens is 518 g/mol. The van der Waals surface area contributed by atoms with Crippen LogP contribution in [-0.2, 0) is 22.4 Å². The first kappa shape index (κ1) is 25.4. The summed E-state index contributed by atoms with van der Waals surface area (Å²) in [5.41, 5.74) is 11.3. The number of nitrogens with one attached hydrogen (secondary N) is 3. The Labute approximate surface area is 220 Å². The van der Waals surface area contributed by atoms with Crippen molar-refractivity contribution in [1.29, 1.82) is 0 Å². The number of alkyl halides is 2. The first-order valence-electron chi connectivity index (χ1n) is 12.7. The van der Waals surface area contributed by atoms with Crippen LogP contribution >= 0.6 is 0 Å². The van der Waals surface area contributed by atoms with Crippen molar-refractivity contribution in [2.75, 3.05) is 13.1 Å². The number of halogens is 2. The monoisotopic (exact) mass is 547 g/mol. The molecule has 39 heavy (non-hydrogen) atoms. The van der Waals surface area contributed by atoms with Crippen molar-refractivity contribution in [2.24, 2.45) is 16.5 Å². The number of aliphatic hydroxyl groups is 2. The largest absolute Gasteiger partial charge is 0.370 e. The van der Waals surface area contributed by atoms with Crippen LogP contribution in [0.15, 0.2) is 23.2 Å². The molecule has 4 heterocycles. The second kappa shape index (κ2) is 8.32. The van der Waals surface area contributed by atoms with Crippen LogP contribution in [0.1, 0.15) is 40.7 Å². The summed E-state index contributed by atoms with van der Waals surface area (Å²) in [7, 11) is 0. The zero-order valence-electron chi connectivity index (χ0n) is 20.8. The van der Waals surface area contributed by atoms with Crippen LogP contribution in [0.5, 0.6) is 0 Å². The number of imide groups is 1. The maximum absolute atomic E-state index is 14.2. The van der Waals surface area contributed by atoms with Crippen LogP contribution in [-0.4, -0.2) is 98.2 Å². The molecule has 2 saturated heterocycles. The predicted octanol–water partition coefficient (Wildman–Crippen LogP) is -4.19.